The summed E-state index contributed by atoms with van der Waals surface area (Å²) in [5.74, 6) is -1.07. The highest BCUT2D eigenvalue weighted by Gasteiger charge is 2.33. The highest BCUT2D eigenvalue weighted by Crippen LogP contribution is 2.28. The second kappa shape index (κ2) is 5.95. The summed E-state index contributed by atoms with van der Waals surface area (Å²) in [5.41, 5.74) is 0.712. The molecule has 1 aliphatic rings. The van der Waals surface area contributed by atoms with Gasteiger partial charge in [-0.1, -0.05) is 6.07 Å². The third-order valence-corrected chi connectivity index (χ3v) is 5.40. The van der Waals surface area contributed by atoms with E-state index in [2.05, 4.69) is 4.98 Å². The molecule has 5 nitrogen and oxygen atoms in total. The predicted octanol–water partition coefficient (Wildman–Crippen LogP) is 2.49. The van der Waals surface area contributed by atoms with Crippen molar-refractivity contribution in [1.29, 1.82) is 0 Å². The molecule has 2 aromatic heterocycles. The van der Waals surface area contributed by atoms with Crippen LogP contribution < -0.4 is 0 Å². The predicted molar refractivity (Wildman–Crippen MR) is 81.5 cm³/mol. The molecule has 0 spiro atoms. The van der Waals surface area contributed by atoms with E-state index in [0.717, 1.165) is 16.3 Å². The van der Waals surface area contributed by atoms with Crippen molar-refractivity contribution in [3.05, 3.63) is 28.6 Å². The van der Waals surface area contributed by atoms with E-state index in [1.165, 1.54) is 16.2 Å². The van der Waals surface area contributed by atoms with E-state index in [0.29, 0.717) is 18.7 Å². The molecule has 0 aromatic carbocycles. The Morgan fingerprint density at radius 1 is 1.43 bits per heavy atom. The van der Waals surface area contributed by atoms with E-state index < -0.39 is 12.0 Å². The summed E-state index contributed by atoms with van der Waals surface area (Å²) in [6.45, 7) is 0.526. The van der Waals surface area contributed by atoms with Crippen molar-refractivity contribution in [3.63, 3.8) is 0 Å². The Morgan fingerprint density at radius 3 is 3.00 bits per heavy atom. The number of thiophene rings is 1. The number of hydrogen-bond donors (Lipinski definition) is 1. The van der Waals surface area contributed by atoms with Crippen LogP contribution in [-0.2, 0) is 16.0 Å². The van der Waals surface area contributed by atoms with Crippen LogP contribution in [0.3, 0.4) is 0 Å². The fraction of sp³-hybridized carbons (Fsp3) is 0.357. The molecule has 1 fully saturated rings. The average Bonchev–Trinajstić information content (AvgIpc) is 3.19. The lowest BCUT2D eigenvalue weighted by Gasteiger charge is -2.20. The van der Waals surface area contributed by atoms with Crippen molar-refractivity contribution in [2.45, 2.75) is 25.3 Å². The second-order valence-electron chi connectivity index (χ2n) is 4.88. The van der Waals surface area contributed by atoms with Gasteiger partial charge in [0.15, 0.2) is 0 Å². The van der Waals surface area contributed by atoms with Crippen LogP contribution in [-0.4, -0.2) is 39.5 Å². The van der Waals surface area contributed by atoms with Crippen molar-refractivity contribution in [2.24, 2.45) is 0 Å². The van der Waals surface area contributed by atoms with Gasteiger partial charge in [-0.25, -0.2) is 9.78 Å². The number of carboxylic acid groups (broad SMARTS) is 1. The lowest BCUT2D eigenvalue weighted by atomic mass is 10.2. The van der Waals surface area contributed by atoms with Crippen LogP contribution in [0.25, 0.3) is 9.88 Å². The molecule has 0 aliphatic carbocycles. The largest absolute Gasteiger partial charge is 0.480 e. The number of carboxylic acids is 1. The van der Waals surface area contributed by atoms with Gasteiger partial charge < -0.3 is 10.0 Å². The first-order chi connectivity index (χ1) is 10.1. The number of rotatable bonds is 4. The number of carbonyl (C=O) groups excluding carboxylic acids is 1. The summed E-state index contributed by atoms with van der Waals surface area (Å²) >= 11 is 3.12. The molecule has 3 rings (SSSR count). The van der Waals surface area contributed by atoms with Crippen LogP contribution >= 0.6 is 22.7 Å². The Kier molecular flexibility index (Phi) is 4.03. The van der Waals surface area contributed by atoms with Crippen molar-refractivity contribution in [1.82, 2.24) is 9.88 Å². The number of likely N-dealkylation sites (tertiary alicyclic amines) is 1. The molecule has 1 atom stereocenters. The van der Waals surface area contributed by atoms with Gasteiger partial charge in [-0.3, -0.25) is 4.79 Å². The average molecular weight is 322 g/mol. The first kappa shape index (κ1) is 14.2. The topological polar surface area (TPSA) is 70.5 Å². The Bertz CT molecular complexity index is 651. The number of aliphatic carboxylic acids is 1. The number of aromatic nitrogens is 1. The highest BCUT2D eigenvalue weighted by atomic mass is 32.1. The van der Waals surface area contributed by atoms with Crippen LogP contribution in [0.1, 0.15) is 18.5 Å². The van der Waals surface area contributed by atoms with Gasteiger partial charge in [0, 0.05) is 11.9 Å². The van der Waals surface area contributed by atoms with Crippen LogP contribution in [0, 0.1) is 0 Å². The Balaban J connectivity index is 1.69. The summed E-state index contributed by atoms with van der Waals surface area (Å²) in [6, 6.07) is 3.29. The smallest absolute Gasteiger partial charge is 0.326 e. The minimum absolute atomic E-state index is 0.150. The number of nitrogens with zero attached hydrogens (tertiary/aromatic N) is 2. The third-order valence-electron chi connectivity index (χ3n) is 3.47. The quantitative estimate of drug-likeness (QED) is 0.939. The lowest BCUT2D eigenvalue weighted by Crippen LogP contribution is -2.41. The highest BCUT2D eigenvalue weighted by molar-refractivity contribution is 7.20. The molecule has 0 bridgehead atoms. The number of hydrogen-bond acceptors (Lipinski definition) is 5. The van der Waals surface area contributed by atoms with Crippen molar-refractivity contribution >= 4 is 34.6 Å². The SMILES string of the molecule is O=C(O)[C@@H]1CCCN1C(=O)Cc1csc(-c2cccs2)n1. The molecule has 0 radical (unpaired) electrons. The van der Waals surface area contributed by atoms with Gasteiger partial charge in [0.1, 0.15) is 11.0 Å². The molecule has 1 saturated heterocycles. The summed E-state index contributed by atoms with van der Waals surface area (Å²) in [7, 11) is 0. The Morgan fingerprint density at radius 2 is 2.29 bits per heavy atom. The molecule has 1 amide bonds. The van der Waals surface area contributed by atoms with E-state index in [-0.39, 0.29) is 12.3 Å². The van der Waals surface area contributed by atoms with E-state index in [1.54, 1.807) is 11.3 Å². The van der Waals surface area contributed by atoms with E-state index in [4.69, 9.17) is 5.11 Å². The Labute approximate surface area is 129 Å². The zero-order valence-corrected chi connectivity index (χ0v) is 12.8. The molecule has 110 valence electrons. The summed E-state index contributed by atoms with van der Waals surface area (Å²) < 4.78 is 0. The molecule has 0 unspecified atom stereocenters. The van der Waals surface area contributed by atoms with Crippen LogP contribution in [0.2, 0.25) is 0 Å². The summed E-state index contributed by atoms with van der Waals surface area (Å²) in [5, 5.41) is 13.9. The third kappa shape index (κ3) is 2.98. The number of thiazole rings is 1. The van der Waals surface area contributed by atoms with Gasteiger partial charge in [-0.15, -0.1) is 22.7 Å². The normalized spacial score (nSPS) is 18.1. The maximum absolute atomic E-state index is 12.3. The van der Waals surface area contributed by atoms with Gasteiger partial charge in [-0.2, -0.15) is 0 Å². The van der Waals surface area contributed by atoms with E-state index in [1.807, 2.05) is 22.9 Å². The van der Waals surface area contributed by atoms with Gasteiger partial charge in [0.05, 0.1) is 17.0 Å². The lowest BCUT2D eigenvalue weighted by molar-refractivity contribution is -0.148. The molecule has 1 N–H and O–H groups in total. The summed E-state index contributed by atoms with van der Waals surface area (Å²) in [6.07, 6.45) is 1.46. The maximum atomic E-state index is 12.3. The van der Waals surface area contributed by atoms with Gasteiger partial charge >= 0.3 is 5.97 Å². The van der Waals surface area contributed by atoms with Crippen molar-refractivity contribution < 1.29 is 14.7 Å². The number of carbonyl (C=O) groups is 2. The molecule has 3 heterocycles. The van der Waals surface area contributed by atoms with Gasteiger partial charge in [0.2, 0.25) is 5.91 Å². The minimum atomic E-state index is -0.918. The fourth-order valence-electron chi connectivity index (χ4n) is 2.48. The first-order valence-electron chi connectivity index (χ1n) is 6.65. The molecule has 0 saturated carbocycles. The summed E-state index contributed by atoms with van der Waals surface area (Å²) in [4.78, 5) is 30.4. The zero-order valence-electron chi connectivity index (χ0n) is 11.2. The number of amides is 1. The maximum Gasteiger partial charge on any atom is 0.326 e. The first-order valence-corrected chi connectivity index (χ1v) is 8.41. The fourth-order valence-corrected chi connectivity index (χ4v) is 4.11. The van der Waals surface area contributed by atoms with Gasteiger partial charge in [0.25, 0.3) is 0 Å². The second-order valence-corrected chi connectivity index (χ2v) is 6.69. The Hall–Kier alpha value is -1.73. The van der Waals surface area contributed by atoms with Crippen molar-refractivity contribution in [3.8, 4) is 9.88 Å². The van der Waals surface area contributed by atoms with E-state index >= 15 is 0 Å². The molecule has 21 heavy (non-hydrogen) atoms. The molecule has 2 aromatic rings. The minimum Gasteiger partial charge on any atom is -0.480 e. The van der Waals surface area contributed by atoms with Crippen LogP contribution in [0.4, 0.5) is 0 Å². The monoisotopic (exact) mass is 322 g/mol. The zero-order chi connectivity index (χ0) is 14.8. The molecular formula is C14H14N2O3S2. The molecule has 1 aliphatic heterocycles. The van der Waals surface area contributed by atoms with E-state index in [9.17, 15) is 9.59 Å². The molecule has 7 heteroatoms. The van der Waals surface area contributed by atoms with Crippen LogP contribution in [0.5, 0.6) is 0 Å². The van der Waals surface area contributed by atoms with Crippen LogP contribution in [0.15, 0.2) is 22.9 Å². The standard InChI is InChI=1S/C14H14N2O3S2/c17-12(16-5-1-3-10(16)14(18)19)7-9-8-21-13(15-9)11-4-2-6-20-11/h2,4,6,8,10H,1,3,5,7H2,(H,18,19)/t10-/m0/s1. The van der Waals surface area contributed by atoms with Gasteiger partial charge in [-0.05, 0) is 24.3 Å². The molecular weight excluding hydrogens is 308 g/mol. The van der Waals surface area contributed by atoms with Crippen molar-refractivity contribution in [2.75, 3.05) is 6.54 Å².